The highest BCUT2D eigenvalue weighted by molar-refractivity contribution is 5.22. The second kappa shape index (κ2) is 10.2. The van der Waals surface area contributed by atoms with Crippen molar-refractivity contribution >= 4 is 0 Å². The summed E-state index contributed by atoms with van der Waals surface area (Å²) >= 11 is 0. The van der Waals surface area contributed by atoms with E-state index in [4.69, 9.17) is 0 Å². The van der Waals surface area contributed by atoms with Crippen LogP contribution in [-0.2, 0) is 12.8 Å². The van der Waals surface area contributed by atoms with Crippen molar-refractivity contribution in [1.82, 2.24) is 0 Å². The SMILES string of the molecule is CCCCCCc1c[c]cc(CCCCCC)c1. The molecule has 1 radical (unpaired) electrons. The van der Waals surface area contributed by atoms with E-state index < -0.39 is 0 Å². The van der Waals surface area contributed by atoms with E-state index in [1.54, 1.807) is 0 Å². The van der Waals surface area contributed by atoms with E-state index in [0.717, 1.165) is 0 Å². The van der Waals surface area contributed by atoms with Gasteiger partial charge in [-0.3, -0.25) is 0 Å². The fourth-order valence-corrected chi connectivity index (χ4v) is 2.38. The van der Waals surface area contributed by atoms with Crippen LogP contribution in [0, 0.1) is 6.07 Å². The predicted molar refractivity (Wildman–Crippen MR) is 81.0 cm³/mol. The number of aryl methyl sites for hydroxylation is 2. The van der Waals surface area contributed by atoms with Crippen LogP contribution in [0.5, 0.6) is 0 Å². The van der Waals surface area contributed by atoms with Crippen LogP contribution in [0.1, 0.15) is 76.3 Å². The Morgan fingerprint density at radius 3 is 1.67 bits per heavy atom. The maximum absolute atomic E-state index is 3.31. The first-order valence-electron chi connectivity index (χ1n) is 7.85. The Hall–Kier alpha value is -0.780. The topological polar surface area (TPSA) is 0 Å². The maximum atomic E-state index is 3.31. The third-order valence-electron chi connectivity index (χ3n) is 3.55. The molecule has 0 fully saturated rings. The van der Waals surface area contributed by atoms with Gasteiger partial charge in [0, 0.05) is 0 Å². The zero-order valence-electron chi connectivity index (χ0n) is 12.3. The van der Waals surface area contributed by atoms with E-state index in [0.29, 0.717) is 0 Å². The molecule has 0 saturated carbocycles. The van der Waals surface area contributed by atoms with Crippen molar-refractivity contribution in [2.24, 2.45) is 0 Å². The van der Waals surface area contributed by atoms with Crippen molar-refractivity contribution in [2.45, 2.75) is 78.1 Å². The van der Waals surface area contributed by atoms with Crippen molar-refractivity contribution in [3.05, 3.63) is 35.4 Å². The van der Waals surface area contributed by atoms with Gasteiger partial charge in [0.15, 0.2) is 0 Å². The first kappa shape index (κ1) is 15.3. The summed E-state index contributed by atoms with van der Waals surface area (Å²) < 4.78 is 0. The van der Waals surface area contributed by atoms with Crippen molar-refractivity contribution in [3.63, 3.8) is 0 Å². The minimum absolute atomic E-state index is 1.24. The molecule has 0 aliphatic rings. The Labute approximate surface area is 114 Å². The smallest absolute Gasteiger partial charge is 0.0178 e. The average Bonchev–Trinajstić information content (AvgIpc) is 2.40. The van der Waals surface area contributed by atoms with Crippen molar-refractivity contribution in [2.75, 3.05) is 0 Å². The molecule has 0 spiro atoms. The summed E-state index contributed by atoms with van der Waals surface area (Å²) in [5, 5.41) is 0. The zero-order chi connectivity index (χ0) is 13.1. The largest absolute Gasteiger partial charge is 0.0654 e. The third-order valence-corrected chi connectivity index (χ3v) is 3.55. The summed E-state index contributed by atoms with van der Waals surface area (Å²) in [5.41, 5.74) is 2.97. The molecule has 0 heteroatoms. The summed E-state index contributed by atoms with van der Waals surface area (Å²) in [6, 6.07) is 10.0. The number of hydrogen-bond donors (Lipinski definition) is 0. The molecular formula is C18H29. The molecular weight excluding hydrogens is 216 g/mol. The molecule has 0 saturated heterocycles. The molecule has 1 aromatic carbocycles. The Kier molecular flexibility index (Phi) is 8.63. The van der Waals surface area contributed by atoms with Gasteiger partial charge >= 0.3 is 0 Å². The molecule has 18 heavy (non-hydrogen) atoms. The van der Waals surface area contributed by atoms with Gasteiger partial charge in [-0.25, -0.2) is 0 Å². The van der Waals surface area contributed by atoms with Crippen LogP contribution in [0.2, 0.25) is 0 Å². The summed E-state index contributed by atoms with van der Waals surface area (Å²) in [7, 11) is 0. The molecule has 0 amide bonds. The fraction of sp³-hybridized carbons (Fsp3) is 0.667. The molecule has 0 aromatic heterocycles. The minimum atomic E-state index is 1.24. The van der Waals surface area contributed by atoms with Crippen LogP contribution in [0.25, 0.3) is 0 Å². The molecule has 0 nitrogen and oxygen atoms in total. The highest BCUT2D eigenvalue weighted by Crippen LogP contribution is 2.13. The molecule has 1 aromatic rings. The monoisotopic (exact) mass is 245 g/mol. The first-order chi connectivity index (χ1) is 8.86. The average molecular weight is 245 g/mol. The number of hydrogen-bond acceptors (Lipinski definition) is 0. The van der Waals surface area contributed by atoms with E-state index >= 15 is 0 Å². The lowest BCUT2D eigenvalue weighted by Gasteiger charge is -2.05. The standard InChI is InChI=1S/C18H29/c1-3-5-7-9-12-17-14-11-15-18(16-17)13-10-8-6-4-2/h14-16H,3-10,12-13H2,1-2H3. The molecule has 101 valence electrons. The Balaban J connectivity index is 2.27. The van der Waals surface area contributed by atoms with Gasteiger partial charge in [0.1, 0.15) is 0 Å². The molecule has 0 unspecified atom stereocenters. The summed E-state index contributed by atoms with van der Waals surface area (Å²) in [6.07, 6.45) is 13.3. The highest BCUT2D eigenvalue weighted by atomic mass is 14.0. The summed E-state index contributed by atoms with van der Waals surface area (Å²) in [4.78, 5) is 0. The lowest BCUT2D eigenvalue weighted by molar-refractivity contribution is 0.661. The van der Waals surface area contributed by atoms with Gasteiger partial charge in [0.05, 0.1) is 0 Å². The fourth-order valence-electron chi connectivity index (χ4n) is 2.38. The number of rotatable bonds is 10. The van der Waals surface area contributed by atoms with Crippen LogP contribution >= 0.6 is 0 Å². The van der Waals surface area contributed by atoms with E-state index in [1.807, 2.05) is 0 Å². The number of unbranched alkanes of at least 4 members (excludes halogenated alkanes) is 6. The normalized spacial score (nSPS) is 10.8. The Morgan fingerprint density at radius 2 is 1.22 bits per heavy atom. The Morgan fingerprint density at radius 1 is 0.722 bits per heavy atom. The van der Waals surface area contributed by atoms with Gasteiger partial charge in [-0.2, -0.15) is 0 Å². The van der Waals surface area contributed by atoms with E-state index in [2.05, 4.69) is 38.1 Å². The lowest BCUT2D eigenvalue weighted by Crippen LogP contribution is -1.91. The van der Waals surface area contributed by atoms with Crippen molar-refractivity contribution in [3.8, 4) is 0 Å². The summed E-state index contributed by atoms with van der Waals surface area (Å²) in [5.74, 6) is 0. The van der Waals surface area contributed by atoms with Crippen LogP contribution < -0.4 is 0 Å². The zero-order valence-corrected chi connectivity index (χ0v) is 12.3. The predicted octanol–water partition coefficient (Wildman–Crippen LogP) is 5.73. The highest BCUT2D eigenvalue weighted by Gasteiger charge is 1.97. The second-order valence-corrected chi connectivity index (χ2v) is 5.37. The second-order valence-electron chi connectivity index (χ2n) is 5.37. The van der Waals surface area contributed by atoms with E-state index in [9.17, 15) is 0 Å². The van der Waals surface area contributed by atoms with E-state index in [1.165, 1.54) is 75.3 Å². The van der Waals surface area contributed by atoms with Gasteiger partial charge in [-0.1, -0.05) is 70.6 Å². The van der Waals surface area contributed by atoms with Crippen LogP contribution in [-0.4, -0.2) is 0 Å². The molecule has 0 aliphatic carbocycles. The van der Waals surface area contributed by atoms with E-state index in [-0.39, 0.29) is 0 Å². The van der Waals surface area contributed by atoms with Crippen LogP contribution in [0.4, 0.5) is 0 Å². The quantitative estimate of drug-likeness (QED) is 0.462. The number of benzene rings is 1. The molecule has 0 bridgehead atoms. The third kappa shape index (κ3) is 6.83. The van der Waals surface area contributed by atoms with Crippen LogP contribution in [0.15, 0.2) is 18.2 Å². The molecule has 0 aliphatic heterocycles. The van der Waals surface area contributed by atoms with Crippen molar-refractivity contribution in [1.29, 1.82) is 0 Å². The lowest BCUT2D eigenvalue weighted by atomic mass is 10.0. The first-order valence-corrected chi connectivity index (χ1v) is 7.85. The minimum Gasteiger partial charge on any atom is -0.0654 e. The van der Waals surface area contributed by atoms with Gasteiger partial charge in [-0.05, 0) is 42.9 Å². The van der Waals surface area contributed by atoms with Gasteiger partial charge < -0.3 is 0 Å². The van der Waals surface area contributed by atoms with Gasteiger partial charge in [-0.15, -0.1) is 0 Å². The Bertz CT molecular complexity index is 273. The molecule has 0 heterocycles. The molecule has 1 rings (SSSR count). The summed E-state index contributed by atoms with van der Waals surface area (Å²) in [6.45, 7) is 4.54. The molecule has 0 atom stereocenters. The van der Waals surface area contributed by atoms with Gasteiger partial charge in [0.2, 0.25) is 0 Å². The maximum Gasteiger partial charge on any atom is -0.0178 e. The molecule has 0 N–H and O–H groups in total. The van der Waals surface area contributed by atoms with Crippen molar-refractivity contribution < 1.29 is 0 Å². The van der Waals surface area contributed by atoms with Gasteiger partial charge in [0.25, 0.3) is 0 Å². The van der Waals surface area contributed by atoms with Crippen LogP contribution in [0.3, 0.4) is 0 Å².